The molecule has 0 radical (unpaired) electrons. The van der Waals surface area contributed by atoms with Gasteiger partial charge < -0.3 is 19.9 Å². The minimum absolute atomic E-state index is 0.141. The van der Waals surface area contributed by atoms with Crippen molar-refractivity contribution in [2.75, 3.05) is 11.5 Å². The highest BCUT2D eigenvalue weighted by atomic mass is 16.5. The largest absolute Gasteiger partial charge is 0.508 e. The molecule has 4 atom stereocenters. The standard InChI is InChI=1S/C33H32BNO6/c1-20-16-27-31(33(38)35(32(27)37)25-9-5-8-24(18-25)34(39)40)28-19-41-29(30(20)28)15-12-23(22-6-3-2-4-7-22)17-21-10-13-26(36)14-11-21/h2-11,13-14,17-18,27-29,31,36,39-40H,12,15-16,19H2,1H3/b23-17-/t27-,28+,29-,31-/m1/s1. The summed E-state index contributed by atoms with van der Waals surface area (Å²) < 4.78 is 6.34. The molecule has 2 saturated heterocycles. The number of nitrogens with zero attached hydrogens (tertiary/aromatic N) is 1. The lowest BCUT2D eigenvalue weighted by Crippen LogP contribution is -2.35. The number of allylic oxidation sites excluding steroid dienone is 2. The number of ether oxygens (including phenoxy) is 1. The van der Waals surface area contributed by atoms with Gasteiger partial charge in [0.2, 0.25) is 11.8 Å². The summed E-state index contributed by atoms with van der Waals surface area (Å²) in [6, 6.07) is 23.6. The van der Waals surface area contributed by atoms with Crippen LogP contribution < -0.4 is 10.4 Å². The molecule has 3 aliphatic rings. The fourth-order valence-corrected chi connectivity index (χ4v) is 6.72. The molecular weight excluding hydrogens is 517 g/mol. The Morgan fingerprint density at radius 3 is 2.46 bits per heavy atom. The molecule has 208 valence electrons. The number of hydrogen-bond acceptors (Lipinski definition) is 6. The van der Waals surface area contributed by atoms with Gasteiger partial charge in [0.15, 0.2) is 0 Å². The molecular formula is C33H32BNO6. The van der Waals surface area contributed by atoms with Crippen LogP contribution in [0, 0.1) is 17.8 Å². The van der Waals surface area contributed by atoms with Crippen molar-refractivity contribution in [2.45, 2.75) is 32.3 Å². The van der Waals surface area contributed by atoms with Crippen molar-refractivity contribution in [2.24, 2.45) is 17.8 Å². The average Bonchev–Trinajstić information content (AvgIpc) is 3.51. The van der Waals surface area contributed by atoms with E-state index in [1.807, 2.05) is 37.3 Å². The van der Waals surface area contributed by atoms with Gasteiger partial charge in [0.25, 0.3) is 0 Å². The van der Waals surface area contributed by atoms with E-state index in [0.29, 0.717) is 18.7 Å². The normalized spacial score (nSPS) is 24.1. The van der Waals surface area contributed by atoms with Crippen molar-refractivity contribution in [1.29, 1.82) is 0 Å². The monoisotopic (exact) mass is 549 g/mol. The molecule has 2 heterocycles. The zero-order valence-electron chi connectivity index (χ0n) is 22.8. The van der Waals surface area contributed by atoms with Gasteiger partial charge >= 0.3 is 7.12 Å². The molecule has 3 N–H and O–H groups in total. The molecule has 0 unspecified atom stereocenters. The Morgan fingerprint density at radius 1 is 0.976 bits per heavy atom. The lowest BCUT2D eigenvalue weighted by molar-refractivity contribution is -0.122. The van der Waals surface area contributed by atoms with Crippen LogP contribution in [0.4, 0.5) is 5.69 Å². The minimum atomic E-state index is -1.69. The number of phenolic OH excluding ortho intramolecular Hbond substituents is 1. The van der Waals surface area contributed by atoms with Gasteiger partial charge in [-0.15, -0.1) is 0 Å². The summed E-state index contributed by atoms with van der Waals surface area (Å²) >= 11 is 0. The van der Waals surface area contributed by atoms with Crippen molar-refractivity contribution in [3.63, 3.8) is 0 Å². The third-order valence-corrected chi connectivity index (χ3v) is 8.63. The van der Waals surface area contributed by atoms with Gasteiger partial charge in [0.05, 0.1) is 30.2 Å². The second-order valence-corrected chi connectivity index (χ2v) is 11.1. The van der Waals surface area contributed by atoms with Crippen molar-refractivity contribution in [1.82, 2.24) is 0 Å². The smallest absolute Gasteiger partial charge is 0.488 e. The highest BCUT2D eigenvalue weighted by Crippen LogP contribution is 2.50. The number of aromatic hydroxyl groups is 1. The van der Waals surface area contributed by atoms with E-state index >= 15 is 0 Å². The Hall–Kier alpha value is -3.98. The van der Waals surface area contributed by atoms with E-state index in [1.54, 1.807) is 30.3 Å². The Kier molecular flexibility index (Phi) is 7.38. The van der Waals surface area contributed by atoms with E-state index in [0.717, 1.165) is 40.7 Å². The molecule has 6 rings (SSSR count). The Balaban J connectivity index is 1.24. The van der Waals surface area contributed by atoms with Crippen LogP contribution in [0.1, 0.15) is 37.3 Å². The second-order valence-electron chi connectivity index (χ2n) is 11.1. The SMILES string of the molecule is CC1=C2[C@@H](CC/C(=C/c3ccc(O)cc3)c3ccccc3)OC[C@@H]2[C@@H]2C(=O)N(c3cccc(B(O)O)c3)C(=O)[C@@H]2C1. The number of phenols is 1. The summed E-state index contributed by atoms with van der Waals surface area (Å²) in [5, 5.41) is 28.9. The molecule has 3 aromatic rings. The number of fused-ring (bicyclic) bond motifs is 3. The van der Waals surface area contributed by atoms with Crippen LogP contribution in [0.25, 0.3) is 11.6 Å². The maximum atomic E-state index is 13.7. The molecule has 2 amide bonds. The van der Waals surface area contributed by atoms with Crippen LogP contribution in [0.2, 0.25) is 0 Å². The molecule has 7 nitrogen and oxygen atoms in total. The van der Waals surface area contributed by atoms with Crippen molar-refractivity contribution in [3.05, 3.63) is 101 Å². The van der Waals surface area contributed by atoms with Gasteiger partial charge in [0, 0.05) is 5.92 Å². The van der Waals surface area contributed by atoms with Crippen LogP contribution in [0.3, 0.4) is 0 Å². The predicted octanol–water partition coefficient (Wildman–Crippen LogP) is 3.93. The summed E-state index contributed by atoms with van der Waals surface area (Å²) in [5.74, 6) is -1.36. The molecule has 0 bridgehead atoms. The van der Waals surface area contributed by atoms with Crippen LogP contribution >= 0.6 is 0 Å². The number of anilines is 1. The Labute approximate surface area is 239 Å². The molecule has 1 aliphatic carbocycles. The van der Waals surface area contributed by atoms with E-state index in [-0.39, 0.29) is 35.0 Å². The fraction of sp³-hybridized carbons (Fsp3) is 0.273. The molecule has 0 aromatic heterocycles. The first kappa shape index (κ1) is 27.2. The quantitative estimate of drug-likeness (QED) is 0.179. The number of amides is 2. The van der Waals surface area contributed by atoms with Crippen molar-refractivity contribution < 1.29 is 29.5 Å². The first-order chi connectivity index (χ1) is 19.8. The molecule has 0 saturated carbocycles. The van der Waals surface area contributed by atoms with E-state index in [2.05, 4.69) is 18.2 Å². The van der Waals surface area contributed by atoms with Crippen LogP contribution in [-0.2, 0) is 14.3 Å². The third-order valence-electron chi connectivity index (χ3n) is 8.63. The number of imide groups is 1. The average molecular weight is 549 g/mol. The lowest BCUT2D eigenvalue weighted by Gasteiger charge is -2.30. The predicted molar refractivity (Wildman–Crippen MR) is 158 cm³/mol. The number of carbonyl (C=O) groups excluding carboxylic acids is 2. The molecule has 3 aromatic carbocycles. The van der Waals surface area contributed by atoms with Gasteiger partial charge in [0.1, 0.15) is 5.75 Å². The molecule has 2 fully saturated rings. The summed E-state index contributed by atoms with van der Waals surface area (Å²) in [6.07, 6.45) is 3.99. The van der Waals surface area contributed by atoms with E-state index < -0.39 is 19.0 Å². The zero-order valence-corrected chi connectivity index (χ0v) is 22.8. The van der Waals surface area contributed by atoms with Crippen LogP contribution in [0.15, 0.2) is 90.0 Å². The first-order valence-corrected chi connectivity index (χ1v) is 14.0. The first-order valence-electron chi connectivity index (χ1n) is 14.0. The Bertz CT molecular complexity index is 1530. The van der Waals surface area contributed by atoms with E-state index in [9.17, 15) is 24.7 Å². The summed E-state index contributed by atoms with van der Waals surface area (Å²) in [5.41, 5.74) is 6.12. The van der Waals surface area contributed by atoms with Crippen LogP contribution in [0.5, 0.6) is 5.75 Å². The van der Waals surface area contributed by atoms with Gasteiger partial charge in [-0.25, -0.2) is 0 Å². The number of hydrogen-bond donors (Lipinski definition) is 3. The van der Waals surface area contributed by atoms with Crippen molar-refractivity contribution in [3.8, 4) is 5.75 Å². The van der Waals surface area contributed by atoms with Crippen molar-refractivity contribution >= 4 is 41.7 Å². The van der Waals surface area contributed by atoms with E-state index in [1.165, 1.54) is 11.0 Å². The number of carbonyl (C=O) groups is 2. The van der Waals surface area contributed by atoms with Gasteiger partial charge in [-0.1, -0.05) is 66.2 Å². The molecule has 41 heavy (non-hydrogen) atoms. The zero-order chi connectivity index (χ0) is 28.7. The maximum absolute atomic E-state index is 13.7. The maximum Gasteiger partial charge on any atom is 0.488 e. The summed E-state index contributed by atoms with van der Waals surface area (Å²) in [6.45, 7) is 2.44. The third kappa shape index (κ3) is 5.15. The number of rotatable bonds is 7. The van der Waals surface area contributed by atoms with E-state index in [4.69, 9.17) is 4.74 Å². The lowest BCUT2D eigenvalue weighted by atomic mass is 9.70. The molecule has 8 heteroatoms. The molecule has 2 aliphatic heterocycles. The molecule has 0 spiro atoms. The minimum Gasteiger partial charge on any atom is -0.508 e. The fourth-order valence-electron chi connectivity index (χ4n) is 6.72. The van der Waals surface area contributed by atoms with Gasteiger partial charge in [-0.3, -0.25) is 14.5 Å². The Morgan fingerprint density at radius 2 is 1.73 bits per heavy atom. The van der Waals surface area contributed by atoms with Gasteiger partial charge in [-0.05, 0) is 78.2 Å². The second kappa shape index (κ2) is 11.1. The highest BCUT2D eigenvalue weighted by Gasteiger charge is 2.56. The van der Waals surface area contributed by atoms with Crippen LogP contribution in [-0.4, -0.2) is 46.8 Å². The summed E-state index contributed by atoms with van der Waals surface area (Å²) in [4.78, 5) is 28.5. The topological polar surface area (TPSA) is 107 Å². The highest BCUT2D eigenvalue weighted by molar-refractivity contribution is 6.58. The summed E-state index contributed by atoms with van der Waals surface area (Å²) in [7, 11) is -1.69. The van der Waals surface area contributed by atoms with Gasteiger partial charge in [-0.2, -0.15) is 0 Å². The number of benzene rings is 3.